The van der Waals surface area contributed by atoms with Crippen LogP contribution in [0, 0.1) is 0 Å². The average Bonchev–Trinajstić information content (AvgIpc) is 2.71. The highest BCUT2D eigenvalue weighted by molar-refractivity contribution is 5.89. The Morgan fingerprint density at radius 3 is 2.03 bits per heavy atom. The summed E-state index contributed by atoms with van der Waals surface area (Å²) in [5.74, 6) is -0.619. The van der Waals surface area contributed by atoms with Gasteiger partial charge in [0.15, 0.2) is 0 Å². The number of hydrogen-bond donors (Lipinski definition) is 2. The summed E-state index contributed by atoms with van der Waals surface area (Å²) in [7, 11) is 5.86. The first kappa shape index (κ1) is 26.8. The Balaban J connectivity index is 0.000000801. The van der Waals surface area contributed by atoms with Crippen LogP contribution in [0.15, 0.2) is 60.8 Å². The van der Waals surface area contributed by atoms with E-state index in [0.717, 1.165) is 31.2 Å². The minimum Gasteiger partial charge on any atom is -0.497 e. The second-order valence-electron chi connectivity index (χ2n) is 6.27. The largest absolute Gasteiger partial charge is 0.497 e. The minimum absolute atomic E-state index is 0. The van der Waals surface area contributed by atoms with E-state index in [0.29, 0.717) is 12.2 Å². The summed E-state index contributed by atoms with van der Waals surface area (Å²) in [5.41, 5.74) is 1.25. The zero-order chi connectivity index (χ0) is 21.6. The number of benzene rings is 1. The van der Waals surface area contributed by atoms with Crippen molar-refractivity contribution in [2.24, 2.45) is 0 Å². The third-order valence-corrected chi connectivity index (χ3v) is 3.69. The third kappa shape index (κ3) is 11.6. The van der Waals surface area contributed by atoms with Crippen molar-refractivity contribution < 1.29 is 24.5 Å². The number of carbonyl (C=O) groups is 2. The van der Waals surface area contributed by atoms with Crippen LogP contribution in [0.5, 0.6) is 5.75 Å². The molecular weight excluding hydrogens is 402 g/mol. The summed E-state index contributed by atoms with van der Waals surface area (Å²) < 4.78 is 5.21. The zero-order valence-corrected chi connectivity index (χ0v) is 16.9. The first-order valence-electron chi connectivity index (χ1n) is 8.89. The highest BCUT2D eigenvalue weighted by atomic mass is 28.1. The monoisotopic (exact) mass is 433 g/mol. The number of aromatic nitrogens is 1. The summed E-state index contributed by atoms with van der Waals surface area (Å²) in [6, 6.07) is 14.2. The van der Waals surface area contributed by atoms with Crippen LogP contribution in [0.2, 0.25) is 0 Å². The van der Waals surface area contributed by atoms with Crippen LogP contribution in [-0.2, 0) is 16.1 Å². The Morgan fingerprint density at radius 1 is 1.00 bits per heavy atom. The van der Waals surface area contributed by atoms with Gasteiger partial charge in [-0.2, -0.15) is 0 Å². The van der Waals surface area contributed by atoms with Gasteiger partial charge in [-0.05, 0) is 54.9 Å². The smallest absolute Gasteiger partial charge is 0.328 e. The molecule has 1 aromatic heterocycles. The van der Waals surface area contributed by atoms with Crippen molar-refractivity contribution in [2.75, 3.05) is 39.2 Å². The van der Waals surface area contributed by atoms with Crippen molar-refractivity contribution in [3.8, 4) is 5.75 Å². The van der Waals surface area contributed by atoms with Crippen molar-refractivity contribution in [1.82, 2.24) is 9.88 Å². The Labute approximate surface area is 181 Å². The molecule has 9 heteroatoms. The lowest BCUT2D eigenvalue weighted by molar-refractivity contribution is -0.134. The molecule has 0 amide bonds. The Bertz CT molecular complexity index is 767. The maximum absolute atomic E-state index is 9.55. The lowest BCUT2D eigenvalue weighted by Crippen LogP contribution is -2.31. The fraction of sp³-hybridized carbons (Fsp3) is 0.286. The number of carboxylic acid groups (broad SMARTS) is 2. The molecule has 0 atom stereocenters. The molecule has 30 heavy (non-hydrogen) atoms. The molecule has 0 aliphatic rings. The predicted octanol–water partition coefficient (Wildman–Crippen LogP) is 0.919. The van der Waals surface area contributed by atoms with Gasteiger partial charge in [-0.1, -0.05) is 18.2 Å². The van der Waals surface area contributed by atoms with Gasteiger partial charge in [-0.15, -0.1) is 0 Å². The lowest BCUT2D eigenvalue weighted by Gasteiger charge is -2.25. The van der Waals surface area contributed by atoms with Gasteiger partial charge >= 0.3 is 11.9 Å². The van der Waals surface area contributed by atoms with Gasteiger partial charge in [0, 0.05) is 38.0 Å². The SMILES string of the molecule is COc1ccc(CN(CCN(C)C)c2ccccn2)cc1.O=C(O)/C=C\C(=O)O.[SiH4]. The topological polar surface area (TPSA) is 103 Å². The normalized spacial score (nSPS) is 10.0. The maximum Gasteiger partial charge on any atom is 0.328 e. The molecule has 0 bridgehead atoms. The minimum atomic E-state index is -1.26. The number of likely N-dealkylation sites (N-methyl/N-ethyl adjacent to an activating group) is 1. The number of anilines is 1. The first-order chi connectivity index (χ1) is 13.8. The van der Waals surface area contributed by atoms with E-state index in [1.54, 1.807) is 7.11 Å². The quantitative estimate of drug-likeness (QED) is 0.445. The van der Waals surface area contributed by atoms with Crippen molar-refractivity contribution in [1.29, 1.82) is 0 Å². The highest BCUT2D eigenvalue weighted by Crippen LogP contribution is 2.16. The summed E-state index contributed by atoms with van der Waals surface area (Å²) in [4.78, 5) is 28.1. The summed E-state index contributed by atoms with van der Waals surface area (Å²) >= 11 is 0. The fourth-order valence-electron chi connectivity index (χ4n) is 2.23. The van der Waals surface area contributed by atoms with E-state index in [4.69, 9.17) is 14.9 Å². The Morgan fingerprint density at radius 2 is 1.60 bits per heavy atom. The van der Waals surface area contributed by atoms with Crippen LogP contribution in [0.4, 0.5) is 5.82 Å². The summed E-state index contributed by atoms with van der Waals surface area (Å²) in [6.45, 7) is 2.78. The maximum atomic E-state index is 9.55. The van der Waals surface area contributed by atoms with Crippen molar-refractivity contribution in [3.05, 3.63) is 66.4 Å². The molecule has 8 nitrogen and oxygen atoms in total. The van der Waals surface area contributed by atoms with Crippen LogP contribution in [-0.4, -0.2) is 77.3 Å². The molecule has 2 N–H and O–H groups in total. The van der Waals surface area contributed by atoms with E-state index < -0.39 is 11.9 Å². The molecule has 0 aliphatic heterocycles. The lowest BCUT2D eigenvalue weighted by atomic mass is 10.2. The number of nitrogens with zero attached hydrogens (tertiary/aromatic N) is 3. The molecular formula is C21H31N3O5Si. The number of rotatable bonds is 9. The van der Waals surface area contributed by atoms with E-state index in [2.05, 4.69) is 47.1 Å². The number of ether oxygens (including phenoxy) is 1. The van der Waals surface area contributed by atoms with Crippen LogP contribution < -0.4 is 9.64 Å². The number of aliphatic carboxylic acids is 2. The Hall–Kier alpha value is -3.17. The second-order valence-corrected chi connectivity index (χ2v) is 6.27. The molecule has 0 unspecified atom stereocenters. The molecule has 0 fully saturated rings. The van der Waals surface area contributed by atoms with Crippen molar-refractivity contribution >= 4 is 28.7 Å². The zero-order valence-electron chi connectivity index (χ0n) is 16.9. The van der Waals surface area contributed by atoms with Gasteiger partial charge < -0.3 is 24.7 Å². The molecule has 1 aromatic carbocycles. The van der Waals surface area contributed by atoms with Crippen LogP contribution in [0.3, 0.4) is 0 Å². The number of methoxy groups -OCH3 is 1. The van der Waals surface area contributed by atoms with Gasteiger partial charge in [0.2, 0.25) is 0 Å². The van der Waals surface area contributed by atoms with Gasteiger partial charge in [0.05, 0.1) is 7.11 Å². The predicted molar refractivity (Wildman–Crippen MR) is 123 cm³/mol. The van der Waals surface area contributed by atoms with Gasteiger partial charge in [0.1, 0.15) is 11.6 Å². The molecule has 0 saturated heterocycles. The van der Waals surface area contributed by atoms with Crippen molar-refractivity contribution in [2.45, 2.75) is 6.54 Å². The Kier molecular flexibility index (Phi) is 13.2. The van der Waals surface area contributed by atoms with Gasteiger partial charge in [-0.3, -0.25) is 0 Å². The third-order valence-electron chi connectivity index (χ3n) is 3.69. The van der Waals surface area contributed by atoms with E-state index in [1.165, 1.54) is 5.56 Å². The second kappa shape index (κ2) is 14.8. The van der Waals surface area contributed by atoms with Crippen LogP contribution in [0.25, 0.3) is 0 Å². The van der Waals surface area contributed by atoms with Gasteiger partial charge in [-0.25, -0.2) is 14.6 Å². The number of pyridine rings is 1. The molecule has 0 saturated carbocycles. The molecule has 2 aromatic rings. The molecule has 0 aliphatic carbocycles. The average molecular weight is 434 g/mol. The van der Waals surface area contributed by atoms with Crippen LogP contribution >= 0.6 is 0 Å². The van der Waals surface area contributed by atoms with E-state index in [-0.39, 0.29) is 11.0 Å². The van der Waals surface area contributed by atoms with E-state index >= 15 is 0 Å². The first-order valence-corrected chi connectivity index (χ1v) is 8.89. The standard InChI is InChI=1S/C17H23N3O.C4H4O4.H4Si/c1-19(2)12-13-20(17-6-4-5-11-18-17)14-15-7-9-16(21-3)10-8-15;5-3(6)1-2-4(7)8;/h4-11H,12-14H2,1-3H3;1-2H,(H,5,6)(H,7,8);1H4/b;2-1-;. The fourth-order valence-corrected chi connectivity index (χ4v) is 2.23. The highest BCUT2D eigenvalue weighted by Gasteiger charge is 2.09. The number of carboxylic acids is 2. The summed E-state index contributed by atoms with van der Waals surface area (Å²) in [6.07, 6.45) is 2.96. The molecule has 0 spiro atoms. The number of hydrogen-bond acceptors (Lipinski definition) is 6. The molecule has 164 valence electrons. The van der Waals surface area contributed by atoms with E-state index in [9.17, 15) is 9.59 Å². The van der Waals surface area contributed by atoms with E-state index in [1.807, 2.05) is 30.5 Å². The summed E-state index contributed by atoms with van der Waals surface area (Å²) in [5, 5.41) is 15.6. The molecule has 0 radical (unpaired) electrons. The van der Waals surface area contributed by atoms with Gasteiger partial charge in [0.25, 0.3) is 0 Å². The van der Waals surface area contributed by atoms with Crippen LogP contribution in [0.1, 0.15) is 5.56 Å². The molecule has 2 rings (SSSR count). The molecule has 1 heterocycles. The van der Waals surface area contributed by atoms with Crippen molar-refractivity contribution in [3.63, 3.8) is 0 Å².